The molecule has 0 aliphatic heterocycles. The van der Waals surface area contributed by atoms with Crippen LogP contribution in [0.2, 0.25) is 0 Å². The van der Waals surface area contributed by atoms with Gasteiger partial charge >= 0.3 is 0 Å². The minimum Gasteiger partial charge on any atom is -0.497 e. The number of aromatic nitrogens is 2. The van der Waals surface area contributed by atoms with Crippen LogP contribution in [0, 0.1) is 13.8 Å². The minimum absolute atomic E-state index is 0.787. The molecular weight excluding hydrogens is 250 g/mol. The average molecular weight is 271 g/mol. The molecule has 0 unspecified atom stereocenters. The molecule has 4 nitrogen and oxygen atoms in total. The van der Waals surface area contributed by atoms with Crippen molar-refractivity contribution in [1.82, 2.24) is 14.9 Å². The number of ether oxygens (including phenoxy) is 1. The Kier molecular flexibility index (Phi) is 4.35. The van der Waals surface area contributed by atoms with Gasteiger partial charge in [0, 0.05) is 18.3 Å². The van der Waals surface area contributed by atoms with E-state index in [9.17, 15) is 0 Å². The Balaban J connectivity index is 2.46. The highest BCUT2D eigenvalue weighted by molar-refractivity contribution is 5.68. The third kappa shape index (κ3) is 3.14. The van der Waals surface area contributed by atoms with E-state index in [0.717, 1.165) is 40.4 Å². The number of benzene rings is 1. The van der Waals surface area contributed by atoms with E-state index in [-0.39, 0.29) is 0 Å². The molecule has 0 aliphatic carbocycles. The van der Waals surface area contributed by atoms with Gasteiger partial charge in [0.25, 0.3) is 0 Å². The SMILES string of the molecule is COc1cc(C)c(-c2cncc(CN(C)C)n2)c(C)c1. The van der Waals surface area contributed by atoms with Crippen LogP contribution in [0.15, 0.2) is 24.5 Å². The van der Waals surface area contributed by atoms with Crippen LogP contribution in [-0.4, -0.2) is 36.1 Å². The highest BCUT2D eigenvalue weighted by atomic mass is 16.5. The molecule has 1 aromatic heterocycles. The van der Waals surface area contributed by atoms with Crippen molar-refractivity contribution < 1.29 is 4.74 Å². The van der Waals surface area contributed by atoms with Crippen molar-refractivity contribution in [3.05, 3.63) is 41.3 Å². The Hall–Kier alpha value is -1.94. The lowest BCUT2D eigenvalue weighted by molar-refractivity contribution is 0.396. The van der Waals surface area contributed by atoms with Gasteiger partial charge in [-0.3, -0.25) is 4.98 Å². The summed E-state index contributed by atoms with van der Waals surface area (Å²) in [4.78, 5) is 11.1. The molecular formula is C16H21N3O. The van der Waals surface area contributed by atoms with Gasteiger partial charge in [0.15, 0.2) is 0 Å². The van der Waals surface area contributed by atoms with Crippen LogP contribution in [0.5, 0.6) is 5.75 Å². The average Bonchev–Trinajstić information content (AvgIpc) is 2.37. The van der Waals surface area contributed by atoms with Gasteiger partial charge in [0.2, 0.25) is 0 Å². The smallest absolute Gasteiger partial charge is 0.119 e. The first-order chi connectivity index (χ1) is 9.51. The molecule has 0 atom stereocenters. The van der Waals surface area contributed by atoms with Crippen LogP contribution in [0.25, 0.3) is 11.3 Å². The Morgan fingerprint density at radius 1 is 1.10 bits per heavy atom. The molecule has 2 rings (SSSR count). The van der Waals surface area contributed by atoms with Gasteiger partial charge in [-0.1, -0.05) is 0 Å². The maximum absolute atomic E-state index is 5.30. The summed E-state index contributed by atoms with van der Waals surface area (Å²) in [6, 6.07) is 4.06. The van der Waals surface area contributed by atoms with E-state index in [1.54, 1.807) is 7.11 Å². The normalized spacial score (nSPS) is 10.9. The molecule has 0 fully saturated rings. The van der Waals surface area contributed by atoms with Crippen LogP contribution < -0.4 is 4.74 Å². The predicted octanol–water partition coefficient (Wildman–Crippen LogP) is 2.83. The molecule has 0 bridgehead atoms. The Morgan fingerprint density at radius 3 is 2.30 bits per heavy atom. The maximum atomic E-state index is 5.30. The zero-order valence-corrected chi connectivity index (χ0v) is 12.8. The lowest BCUT2D eigenvalue weighted by Gasteiger charge is -2.13. The summed E-state index contributed by atoms with van der Waals surface area (Å²) in [5.41, 5.74) is 5.33. The van der Waals surface area contributed by atoms with Crippen molar-refractivity contribution in [2.75, 3.05) is 21.2 Å². The molecule has 0 spiro atoms. The molecule has 0 radical (unpaired) electrons. The van der Waals surface area contributed by atoms with Crippen molar-refractivity contribution in [2.24, 2.45) is 0 Å². The van der Waals surface area contributed by atoms with Crippen LogP contribution >= 0.6 is 0 Å². The number of hydrogen-bond acceptors (Lipinski definition) is 4. The number of methoxy groups -OCH3 is 1. The molecule has 20 heavy (non-hydrogen) atoms. The topological polar surface area (TPSA) is 38.2 Å². The highest BCUT2D eigenvalue weighted by Gasteiger charge is 2.10. The molecule has 1 heterocycles. The number of hydrogen-bond donors (Lipinski definition) is 0. The fraction of sp³-hybridized carbons (Fsp3) is 0.375. The summed E-state index contributed by atoms with van der Waals surface area (Å²) in [6.07, 6.45) is 3.64. The second-order valence-electron chi connectivity index (χ2n) is 5.27. The van der Waals surface area contributed by atoms with Gasteiger partial charge in [-0.15, -0.1) is 0 Å². The van der Waals surface area contributed by atoms with Crippen molar-refractivity contribution in [3.63, 3.8) is 0 Å². The van der Waals surface area contributed by atoms with Crippen molar-refractivity contribution in [3.8, 4) is 17.0 Å². The predicted molar refractivity (Wildman–Crippen MR) is 80.9 cm³/mol. The maximum Gasteiger partial charge on any atom is 0.119 e. The second kappa shape index (κ2) is 6.01. The Labute approximate surface area is 120 Å². The first-order valence-corrected chi connectivity index (χ1v) is 6.62. The van der Waals surface area contributed by atoms with Gasteiger partial charge in [-0.05, 0) is 51.2 Å². The van der Waals surface area contributed by atoms with Crippen molar-refractivity contribution >= 4 is 0 Å². The van der Waals surface area contributed by atoms with Crippen molar-refractivity contribution in [2.45, 2.75) is 20.4 Å². The largest absolute Gasteiger partial charge is 0.497 e. The van der Waals surface area contributed by atoms with Crippen molar-refractivity contribution in [1.29, 1.82) is 0 Å². The fourth-order valence-electron chi connectivity index (χ4n) is 2.37. The van der Waals surface area contributed by atoms with E-state index >= 15 is 0 Å². The molecule has 0 saturated carbocycles. The van der Waals surface area contributed by atoms with E-state index < -0.39 is 0 Å². The lowest BCUT2D eigenvalue weighted by atomic mass is 9.99. The summed E-state index contributed by atoms with van der Waals surface area (Å²) in [7, 11) is 5.74. The zero-order chi connectivity index (χ0) is 14.7. The summed E-state index contributed by atoms with van der Waals surface area (Å²) in [5, 5.41) is 0. The summed E-state index contributed by atoms with van der Waals surface area (Å²) < 4.78 is 5.30. The molecule has 0 N–H and O–H groups in total. The van der Waals surface area contributed by atoms with Crippen LogP contribution in [-0.2, 0) is 6.54 Å². The number of rotatable bonds is 4. The summed E-state index contributed by atoms with van der Waals surface area (Å²) >= 11 is 0. The van der Waals surface area contributed by atoms with Gasteiger partial charge in [0.1, 0.15) is 5.75 Å². The quantitative estimate of drug-likeness (QED) is 0.857. The van der Waals surface area contributed by atoms with E-state index in [0.29, 0.717) is 0 Å². The van der Waals surface area contributed by atoms with Gasteiger partial charge in [-0.25, -0.2) is 4.98 Å². The summed E-state index contributed by atoms with van der Waals surface area (Å²) in [6.45, 7) is 4.94. The Morgan fingerprint density at radius 2 is 1.75 bits per heavy atom. The van der Waals surface area contributed by atoms with E-state index in [2.05, 4.69) is 23.7 Å². The standard InChI is InChI=1S/C16H21N3O/c1-11-6-14(20-5)7-12(2)16(11)15-9-17-8-13(18-15)10-19(3)4/h6-9H,10H2,1-5H3. The fourth-order valence-corrected chi connectivity index (χ4v) is 2.37. The van der Waals surface area contributed by atoms with E-state index in [1.165, 1.54) is 0 Å². The minimum atomic E-state index is 0.787. The molecule has 106 valence electrons. The highest BCUT2D eigenvalue weighted by Crippen LogP contribution is 2.29. The summed E-state index contributed by atoms with van der Waals surface area (Å²) in [5.74, 6) is 0.876. The van der Waals surface area contributed by atoms with Crippen LogP contribution in [0.1, 0.15) is 16.8 Å². The molecule has 1 aromatic carbocycles. The van der Waals surface area contributed by atoms with Crippen LogP contribution in [0.3, 0.4) is 0 Å². The number of aryl methyl sites for hydroxylation is 2. The third-order valence-electron chi connectivity index (χ3n) is 3.16. The van der Waals surface area contributed by atoms with E-state index in [4.69, 9.17) is 9.72 Å². The molecule has 4 heteroatoms. The first-order valence-electron chi connectivity index (χ1n) is 6.62. The monoisotopic (exact) mass is 271 g/mol. The second-order valence-corrected chi connectivity index (χ2v) is 5.27. The molecule has 0 aliphatic rings. The van der Waals surface area contributed by atoms with E-state index in [1.807, 2.05) is 38.6 Å². The van der Waals surface area contributed by atoms with Gasteiger partial charge in [-0.2, -0.15) is 0 Å². The third-order valence-corrected chi connectivity index (χ3v) is 3.16. The van der Waals surface area contributed by atoms with Crippen LogP contribution in [0.4, 0.5) is 0 Å². The van der Waals surface area contributed by atoms with Gasteiger partial charge in [0.05, 0.1) is 24.7 Å². The molecule has 0 amide bonds. The first kappa shape index (κ1) is 14.5. The molecule has 0 saturated heterocycles. The Bertz CT molecular complexity index is 585. The number of nitrogens with zero attached hydrogens (tertiary/aromatic N) is 3. The molecule has 2 aromatic rings. The zero-order valence-electron chi connectivity index (χ0n) is 12.8. The lowest BCUT2D eigenvalue weighted by Crippen LogP contribution is -2.12. The van der Waals surface area contributed by atoms with Gasteiger partial charge < -0.3 is 9.64 Å².